The van der Waals surface area contributed by atoms with E-state index in [2.05, 4.69) is 5.32 Å². The largest absolute Gasteiger partial charge is 0.398 e. The normalized spacial score (nSPS) is 11.1. The Morgan fingerprint density at radius 1 is 1.39 bits per heavy atom. The Balaban J connectivity index is 2.92. The van der Waals surface area contributed by atoms with Crippen LogP contribution in [-0.4, -0.2) is 17.4 Å². The molecule has 1 rings (SSSR count). The first kappa shape index (κ1) is 14.3. The Kier molecular flexibility index (Phi) is 4.19. The molecule has 0 aliphatic rings. The van der Waals surface area contributed by atoms with Crippen molar-refractivity contribution in [3.05, 3.63) is 28.8 Å². The van der Waals surface area contributed by atoms with Crippen molar-refractivity contribution < 1.29 is 9.59 Å². The number of halogens is 1. The second-order valence-corrected chi connectivity index (χ2v) is 5.09. The summed E-state index contributed by atoms with van der Waals surface area (Å²) in [5.74, 6) is -0.920. The number of nitrogens with two attached hydrogens (primary N) is 2. The lowest BCUT2D eigenvalue weighted by molar-refractivity contribution is -0.119. The standard InChI is InChI=1S/C12H16ClN3O2/c1-12(2,6-9(15)17)16-11(18)10-7(13)4-3-5-8(10)14/h3-5H,6,14H2,1-2H3,(H2,15,17)(H,16,18). The minimum Gasteiger partial charge on any atom is -0.398 e. The third-order valence-electron chi connectivity index (χ3n) is 2.34. The summed E-state index contributed by atoms with van der Waals surface area (Å²) in [6, 6.07) is 4.82. The molecular weight excluding hydrogens is 254 g/mol. The number of carbonyl (C=O) groups excluding carboxylic acids is 2. The number of hydrogen-bond donors (Lipinski definition) is 3. The van der Waals surface area contributed by atoms with Crippen LogP contribution in [0.4, 0.5) is 5.69 Å². The summed E-state index contributed by atoms with van der Waals surface area (Å²) in [6.45, 7) is 3.39. The third-order valence-corrected chi connectivity index (χ3v) is 2.66. The highest BCUT2D eigenvalue weighted by Crippen LogP contribution is 2.22. The number of nitrogens with one attached hydrogen (secondary N) is 1. The van der Waals surface area contributed by atoms with E-state index in [1.807, 2.05) is 0 Å². The molecule has 5 nitrogen and oxygen atoms in total. The van der Waals surface area contributed by atoms with E-state index in [4.69, 9.17) is 23.1 Å². The molecule has 6 heteroatoms. The molecule has 0 aromatic heterocycles. The molecule has 1 aromatic rings. The number of primary amides is 1. The van der Waals surface area contributed by atoms with Crippen LogP contribution in [0.15, 0.2) is 18.2 Å². The van der Waals surface area contributed by atoms with E-state index in [0.717, 1.165) is 0 Å². The van der Waals surface area contributed by atoms with Crippen LogP contribution in [0.1, 0.15) is 30.6 Å². The first-order chi connectivity index (χ1) is 8.23. The van der Waals surface area contributed by atoms with Crippen LogP contribution in [-0.2, 0) is 4.79 Å². The molecule has 0 radical (unpaired) electrons. The van der Waals surface area contributed by atoms with Crippen molar-refractivity contribution in [3.8, 4) is 0 Å². The summed E-state index contributed by atoms with van der Waals surface area (Å²) in [5, 5.41) is 2.95. The number of nitrogen functional groups attached to an aromatic ring is 1. The molecule has 0 aliphatic heterocycles. The maximum atomic E-state index is 12.1. The van der Waals surface area contributed by atoms with Crippen LogP contribution < -0.4 is 16.8 Å². The van der Waals surface area contributed by atoms with Gasteiger partial charge in [-0.25, -0.2) is 0 Å². The number of rotatable bonds is 4. The van der Waals surface area contributed by atoms with Crippen molar-refractivity contribution in [2.24, 2.45) is 5.73 Å². The molecule has 18 heavy (non-hydrogen) atoms. The average molecular weight is 270 g/mol. The van der Waals surface area contributed by atoms with Gasteiger partial charge in [-0.1, -0.05) is 17.7 Å². The number of anilines is 1. The zero-order valence-electron chi connectivity index (χ0n) is 10.3. The SMILES string of the molecule is CC(C)(CC(N)=O)NC(=O)c1c(N)cccc1Cl. The zero-order chi connectivity index (χ0) is 13.9. The summed E-state index contributed by atoms with van der Waals surface area (Å²) in [6.07, 6.45) is 0.0309. The summed E-state index contributed by atoms with van der Waals surface area (Å²) in [4.78, 5) is 22.9. The van der Waals surface area contributed by atoms with Crippen molar-refractivity contribution >= 4 is 29.1 Å². The Morgan fingerprint density at radius 2 is 2.00 bits per heavy atom. The maximum Gasteiger partial charge on any atom is 0.255 e. The number of amides is 2. The molecule has 0 spiro atoms. The molecule has 0 unspecified atom stereocenters. The third kappa shape index (κ3) is 3.63. The predicted octanol–water partition coefficient (Wildman–Crippen LogP) is 1.31. The summed E-state index contributed by atoms with van der Waals surface area (Å²) < 4.78 is 0. The summed E-state index contributed by atoms with van der Waals surface area (Å²) >= 11 is 5.93. The van der Waals surface area contributed by atoms with E-state index in [1.54, 1.807) is 32.0 Å². The summed E-state index contributed by atoms with van der Waals surface area (Å²) in [5.41, 5.74) is 10.6. The van der Waals surface area contributed by atoms with Gasteiger partial charge in [0.25, 0.3) is 5.91 Å². The molecule has 98 valence electrons. The van der Waals surface area contributed by atoms with Crippen molar-refractivity contribution in [1.29, 1.82) is 0 Å². The van der Waals surface area contributed by atoms with Gasteiger partial charge in [0.05, 0.1) is 10.6 Å². The molecule has 2 amide bonds. The van der Waals surface area contributed by atoms with Gasteiger partial charge in [-0.05, 0) is 26.0 Å². The molecule has 0 atom stereocenters. The Morgan fingerprint density at radius 3 is 2.50 bits per heavy atom. The Hall–Kier alpha value is -1.75. The van der Waals surface area contributed by atoms with Crippen LogP contribution in [0, 0.1) is 0 Å². The highest BCUT2D eigenvalue weighted by Gasteiger charge is 2.25. The minimum absolute atomic E-state index is 0.0309. The summed E-state index contributed by atoms with van der Waals surface area (Å²) in [7, 11) is 0. The lowest BCUT2D eigenvalue weighted by Crippen LogP contribution is -2.46. The van der Waals surface area contributed by atoms with Gasteiger partial charge in [-0.3, -0.25) is 9.59 Å². The maximum absolute atomic E-state index is 12.1. The molecule has 0 saturated heterocycles. The van der Waals surface area contributed by atoms with Gasteiger partial charge in [-0.15, -0.1) is 0 Å². The van der Waals surface area contributed by atoms with Gasteiger partial charge < -0.3 is 16.8 Å². The number of carbonyl (C=O) groups is 2. The molecule has 5 N–H and O–H groups in total. The van der Waals surface area contributed by atoms with Gasteiger partial charge in [0.2, 0.25) is 5.91 Å². The molecule has 0 heterocycles. The van der Waals surface area contributed by atoms with Gasteiger partial charge in [0.15, 0.2) is 0 Å². The molecule has 0 saturated carbocycles. The highest BCUT2D eigenvalue weighted by molar-refractivity contribution is 6.34. The topological polar surface area (TPSA) is 98.2 Å². The van der Waals surface area contributed by atoms with Gasteiger partial charge in [0.1, 0.15) is 0 Å². The van der Waals surface area contributed by atoms with Gasteiger partial charge in [0, 0.05) is 17.6 Å². The Bertz CT molecular complexity index is 466. The second-order valence-electron chi connectivity index (χ2n) is 4.69. The zero-order valence-corrected chi connectivity index (χ0v) is 11.0. The first-order valence-electron chi connectivity index (χ1n) is 5.38. The van der Waals surface area contributed by atoms with E-state index in [1.165, 1.54) is 0 Å². The number of hydrogen-bond acceptors (Lipinski definition) is 3. The van der Waals surface area contributed by atoms with E-state index < -0.39 is 17.4 Å². The van der Waals surface area contributed by atoms with Crippen LogP contribution in [0.3, 0.4) is 0 Å². The van der Waals surface area contributed by atoms with Gasteiger partial charge in [-0.2, -0.15) is 0 Å². The van der Waals surface area contributed by atoms with Crippen molar-refractivity contribution in [3.63, 3.8) is 0 Å². The predicted molar refractivity (Wildman–Crippen MR) is 71.2 cm³/mol. The minimum atomic E-state index is -0.755. The fourth-order valence-corrected chi connectivity index (χ4v) is 1.90. The lowest BCUT2D eigenvalue weighted by atomic mass is 9.99. The number of benzene rings is 1. The average Bonchev–Trinajstić information content (AvgIpc) is 2.13. The molecular formula is C12H16ClN3O2. The highest BCUT2D eigenvalue weighted by atomic mass is 35.5. The monoisotopic (exact) mass is 269 g/mol. The quantitative estimate of drug-likeness (QED) is 0.719. The van der Waals surface area contributed by atoms with Crippen molar-refractivity contribution in [2.45, 2.75) is 25.8 Å². The molecule has 0 fully saturated rings. The van der Waals surface area contributed by atoms with Gasteiger partial charge >= 0.3 is 0 Å². The van der Waals surface area contributed by atoms with Crippen LogP contribution in [0.2, 0.25) is 5.02 Å². The first-order valence-corrected chi connectivity index (χ1v) is 5.75. The molecule has 1 aromatic carbocycles. The Labute approximate surface area is 110 Å². The van der Waals surface area contributed by atoms with Crippen LogP contribution in [0.25, 0.3) is 0 Å². The van der Waals surface area contributed by atoms with E-state index in [-0.39, 0.29) is 22.7 Å². The van der Waals surface area contributed by atoms with E-state index >= 15 is 0 Å². The van der Waals surface area contributed by atoms with Crippen LogP contribution >= 0.6 is 11.6 Å². The second kappa shape index (κ2) is 5.27. The smallest absolute Gasteiger partial charge is 0.255 e. The molecule has 0 bridgehead atoms. The van der Waals surface area contributed by atoms with Crippen LogP contribution in [0.5, 0.6) is 0 Å². The fourth-order valence-electron chi connectivity index (χ4n) is 1.63. The van der Waals surface area contributed by atoms with E-state index in [9.17, 15) is 9.59 Å². The van der Waals surface area contributed by atoms with Crippen molar-refractivity contribution in [2.75, 3.05) is 5.73 Å². The fraction of sp³-hybridized carbons (Fsp3) is 0.333. The molecule has 0 aliphatic carbocycles. The lowest BCUT2D eigenvalue weighted by Gasteiger charge is -2.25. The van der Waals surface area contributed by atoms with E-state index in [0.29, 0.717) is 0 Å². The van der Waals surface area contributed by atoms with Crippen molar-refractivity contribution in [1.82, 2.24) is 5.32 Å².